The van der Waals surface area contributed by atoms with Crippen molar-refractivity contribution in [3.05, 3.63) is 41.5 Å². The normalized spacial score (nSPS) is 14.3. The minimum Gasteiger partial charge on any atom is -0.370 e. The van der Waals surface area contributed by atoms with E-state index in [0.29, 0.717) is 0 Å². The van der Waals surface area contributed by atoms with Crippen LogP contribution >= 0.6 is 0 Å². The molecule has 2 aromatic rings. The van der Waals surface area contributed by atoms with Gasteiger partial charge >= 0.3 is 0 Å². The molecule has 0 aromatic heterocycles. The highest BCUT2D eigenvalue weighted by molar-refractivity contribution is 6.68. The molecule has 26 heteroatoms. The zero-order valence-corrected chi connectivity index (χ0v) is 30.7. The molecule has 13 nitrogen and oxygen atoms in total. The molecule has 0 aliphatic heterocycles. The number of rotatable bonds is 19. The van der Waals surface area contributed by atoms with E-state index in [1.54, 1.807) is 30.3 Å². The van der Waals surface area contributed by atoms with Crippen molar-refractivity contribution in [1.82, 2.24) is 16.0 Å². The average molecular weight is 723 g/mol. The van der Waals surface area contributed by atoms with Gasteiger partial charge in [-0.2, -0.15) is 0 Å². The maximum absolute atomic E-state index is 14.2. The molecule has 260 valence electrons. The van der Waals surface area contributed by atoms with Gasteiger partial charge in [-0.3, -0.25) is 24.2 Å². The molecule has 0 heterocycles. The van der Waals surface area contributed by atoms with Crippen LogP contribution in [0, 0.1) is 0 Å². The predicted molar refractivity (Wildman–Crippen MR) is 231 cm³/mol. The van der Waals surface area contributed by atoms with Crippen LogP contribution in [0.1, 0.15) is 24.0 Å². The van der Waals surface area contributed by atoms with Gasteiger partial charge in [0.15, 0.2) is 5.96 Å². The van der Waals surface area contributed by atoms with Gasteiger partial charge in [-0.15, -0.1) is 37.7 Å². The highest BCUT2D eigenvalue weighted by Crippen LogP contribution is 2.60. The Labute approximate surface area is 345 Å². The Morgan fingerprint density at radius 3 is 1.62 bits per heavy atom. The fraction of sp³-hybridized carbons (Fsp3) is 0.433. The maximum Gasteiger partial charge on any atom is 0.243 e. The van der Waals surface area contributed by atoms with Crippen LogP contribution in [0.15, 0.2) is 35.3 Å². The first-order valence-corrected chi connectivity index (χ1v) is 16.7. The SMILES string of the molecule is [B]c1c([B])c([B])c(C[C@H](NC(=O)[C@@H](CCCN=C(N)N)NC(=O)[C@@H](N)Cc2ccccc2)C(=O)NC(C(N)=O)C([B])([B])C([B])([B])C([B])([B])C([B])([B])N)c([B])c1[B]. The van der Waals surface area contributed by atoms with Crippen molar-refractivity contribution < 1.29 is 19.2 Å². The first-order valence-electron chi connectivity index (χ1n) is 16.7. The molecule has 13 N–H and O–H groups in total. The largest absolute Gasteiger partial charge is 0.370 e. The second-order valence-corrected chi connectivity index (χ2v) is 13.6. The summed E-state index contributed by atoms with van der Waals surface area (Å²) in [7, 11) is 78.5. The average Bonchev–Trinajstić information content (AvgIpc) is 3.10. The summed E-state index contributed by atoms with van der Waals surface area (Å²) in [4.78, 5) is 58.3. The second kappa shape index (κ2) is 19.2. The second-order valence-electron chi connectivity index (χ2n) is 13.6. The Kier molecular flexibility index (Phi) is 16.6. The lowest BCUT2D eigenvalue weighted by atomic mass is 9.11. The molecule has 56 heavy (non-hydrogen) atoms. The molecule has 0 saturated carbocycles. The molecule has 4 atom stereocenters. The molecule has 0 aliphatic rings. The van der Waals surface area contributed by atoms with Gasteiger partial charge in [0.05, 0.1) is 74.9 Å². The van der Waals surface area contributed by atoms with Crippen LogP contribution in [0.5, 0.6) is 0 Å². The quantitative estimate of drug-likeness (QED) is 0.0299. The third-order valence-corrected chi connectivity index (χ3v) is 9.23. The first-order chi connectivity index (χ1) is 25.6. The standard InChI is InChI=1S/C30H32B13N9O4/c31-16-12(17(32)19(34)20(35)18(16)33)10-15(25(56)52-21(22(45)53)27(36,37)28(38,39)29(40,41)30(42,43)48)51-24(55)14(7-4-8-49-26(46)47)50-23(54)13(44)9-11-5-2-1-3-6-11/h1-3,5-6,13-15,21H,4,7-10,44,48H2,(H2,45,53)(H,50,54)(H,51,55)(H,52,56)(H4,46,47,49)/t13-,14+,15-,21?/m0/s1. The molecular formula is C30H32B13N9O4. The molecule has 26 radical (unpaired) electrons. The Bertz CT molecular complexity index is 1770. The van der Waals surface area contributed by atoms with Crippen molar-refractivity contribution in [2.24, 2.45) is 33.7 Å². The number of nitrogens with two attached hydrogens (primary N) is 5. The Morgan fingerprint density at radius 1 is 0.661 bits per heavy atom. The van der Waals surface area contributed by atoms with E-state index >= 15 is 0 Å². The molecule has 1 unspecified atom stereocenters. The molecule has 0 spiro atoms. The van der Waals surface area contributed by atoms with E-state index in [4.69, 9.17) is 131 Å². The molecule has 0 fully saturated rings. The topological polar surface area (TPSA) is 247 Å². The third kappa shape index (κ3) is 11.3. The van der Waals surface area contributed by atoms with Gasteiger partial charge in [-0.25, -0.2) is 0 Å². The van der Waals surface area contributed by atoms with Crippen molar-refractivity contribution in [2.75, 3.05) is 6.54 Å². The summed E-state index contributed by atoms with van der Waals surface area (Å²) in [6, 6.07) is 2.33. The lowest BCUT2D eigenvalue weighted by Gasteiger charge is -2.63. The fourth-order valence-electron chi connectivity index (χ4n) is 5.45. The molecular weight excluding hydrogens is 691 g/mol. The first kappa shape index (κ1) is 48.5. The highest BCUT2D eigenvalue weighted by atomic mass is 16.2. The van der Waals surface area contributed by atoms with Gasteiger partial charge in [-0.05, 0) is 24.8 Å². The van der Waals surface area contributed by atoms with Gasteiger partial charge < -0.3 is 44.6 Å². The zero-order valence-electron chi connectivity index (χ0n) is 30.7. The number of nitrogens with zero attached hydrogens (tertiary/aromatic N) is 1. The fourth-order valence-corrected chi connectivity index (χ4v) is 5.45. The van der Waals surface area contributed by atoms with Crippen LogP contribution in [0.2, 0.25) is 15.6 Å². The van der Waals surface area contributed by atoms with Crippen LogP contribution in [-0.4, -0.2) is 168 Å². The van der Waals surface area contributed by atoms with E-state index in [1.807, 2.05) is 0 Å². The Hall–Kier alpha value is -3.65. The van der Waals surface area contributed by atoms with Gasteiger partial charge in [0.25, 0.3) is 0 Å². The number of nitrogens with one attached hydrogen (secondary N) is 3. The summed E-state index contributed by atoms with van der Waals surface area (Å²) >= 11 is 0. The lowest BCUT2D eigenvalue weighted by Crippen LogP contribution is -2.67. The summed E-state index contributed by atoms with van der Waals surface area (Å²) in [6.45, 7) is 0.0494. The van der Waals surface area contributed by atoms with E-state index in [-0.39, 0.29) is 64.6 Å². The highest BCUT2D eigenvalue weighted by Gasteiger charge is 2.54. The van der Waals surface area contributed by atoms with Gasteiger partial charge in [0, 0.05) is 13.0 Å². The van der Waals surface area contributed by atoms with Crippen molar-refractivity contribution in [3.8, 4) is 0 Å². The molecule has 0 saturated heterocycles. The monoisotopic (exact) mass is 725 g/mol. The number of amides is 4. The number of carbonyl (C=O) groups is 4. The summed E-state index contributed by atoms with van der Waals surface area (Å²) in [5, 5.41) is -3.87. The number of carbonyl (C=O) groups excluding carboxylic acids is 4. The minimum absolute atomic E-state index is 0.0494. The van der Waals surface area contributed by atoms with Crippen LogP contribution in [0.25, 0.3) is 0 Å². The predicted octanol–water partition coefficient (Wildman–Crippen LogP) is -10.9. The van der Waals surface area contributed by atoms with Crippen molar-refractivity contribution in [1.29, 1.82) is 0 Å². The zero-order chi connectivity index (χ0) is 43.1. The number of hydrogen-bond acceptors (Lipinski definition) is 7. The van der Waals surface area contributed by atoms with E-state index in [1.165, 1.54) is 0 Å². The van der Waals surface area contributed by atoms with Gasteiger partial charge in [0.2, 0.25) is 23.6 Å². The van der Waals surface area contributed by atoms with E-state index < -0.39 is 75.2 Å². The Morgan fingerprint density at radius 2 is 1.14 bits per heavy atom. The summed E-state index contributed by atoms with van der Waals surface area (Å²) < 4.78 is 0. The number of guanidine groups is 1. The van der Waals surface area contributed by atoms with Crippen molar-refractivity contribution in [3.63, 3.8) is 0 Å². The van der Waals surface area contributed by atoms with E-state index in [0.717, 1.165) is 5.56 Å². The van der Waals surface area contributed by atoms with E-state index in [9.17, 15) is 19.2 Å². The Balaban J connectivity index is 2.64. The van der Waals surface area contributed by atoms with Crippen LogP contribution < -0.4 is 71.9 Å². The summed E-state index contributed by atoms with van der Waals surface area (Å²) in [5.41, 5.74) is 28.0. The number of benzene rings is 2. The molecule has 2 rings (SSSR count). The maximum atomic E-state index is 14.2. The van der Waals surface area contributed by atoms with Gasteiger partial charge in [-0.1, -0.05) is 46.4 Å². The van der Waals surface area contributed by atoms with Crippen LogP contribution in [0.3, 0.4) is 0 Å². The number of primary amides is 1. The smallest absolute Gasteiger partial charge is 0.243 e. The van der Waals surface area contributed by atoms with Crippen LogP contribution in [0.4, 0.5) is 0 Å². The van der Waals surface area contributed by atoms with E-state index in [2.05, 4.69) is 20.9 Å². The number of hydrogen-bond donors (Lipinski definition) is 8. The molecule has 4 amide bonds. The van der Waals surface area contributed by atoms with Crippen molar-refractivity contribution in [2.45, 2.75) is 70.8 Å². The van der Waals surface area contributed by atoms with Gasteiger partial charge in [0.1, 0.15) is 51.3 Å². The summed E-state index contributed by atoms with van der Waals surface area (Å²) in [5.74, 6) is -4.57. The van der Waals surface area contributed by atoms with Crippen molar-refractivity contribution >= 4 is 159 Å². The minimum atomic E-state index is -2.89. The molecule has 0 aliphatic carbocycles. The lowest BCUT2D eigenvalue weighted by molar-refractivity contribution is -0.133. The molecule has 0 bridgehead atoms. The summed E-state index contributed by atoms with van der Waals surface area (Å²) in [6.07, 6.45) is -0.407. The number of aliphatic imine (C=N–C) groups is 1. The third-order valence-electron chi connectivity index (χ3n) is 9.23. The van der Waals surface area contributed by atoms with Crippen LogP contribution in [-0.2, 0) is 32.0 Å². The molecule has 2 aromatic carbocycles.